The zero-order valence-corrected chi connectivity index (χ0v) is 25.0. The van der Waals surface area contributed by atoms with Crippen molar-refractivity contribution in [2.75, 3.05) is 18.6 Å². The highest BCUT2D eigenvalue weighted by atomic mass is 32.1. The van der Waals surface area contributed by atoms with Gasteiger partial charge in [0.15, 0.2) is 0 Å². The number of fused-ring (bicyclic) bond motifs is 1. The maximum atomic E-state index is 12.7. The minimum absolute atomic E-state index is 0.376. The molecule has 7 rings (SSSR count). The third-order valence-electron chi connectivity index (χ3n) is 8.10. The van der Waals surface area contributed by atoms with Crippen molar-refractivity contribution in [1.29, 1.82) is 0 Å². The molecule has 0 amide bonds. The Labute approximate surface area is 258 Å². The molecule has 220 valence electrons. The minimum atomic E-state index is -0.528. The van der Waals surface area contributed by atoms with E-state index in [2.05, 4.69) is 73.9 Å². The van der Waals surface area contributed by atoms with Gasteiger partial charge in [-0.1, -0.05) is 70.8 Å². The van der Waals surface area contributed by atoms with Crippen LogP contribution in [0.2, 0.25) is 0 Å². The van der Waals surface area contributed by atoms with E-state index in [1.807, 2.05) is 37.4 Å². The predicted octanol–water partition coefficient (Wildman–Crippen LogP) is 6.46. The number of methoxy groups -OCH3 is 1. The lowest BCUT2D eigenvalue weighted by Crippen LogP contribution is -2.55. The molecule has 0 bridgehead atoms. The zero-order chi connectivity index (χ0) is 29.9. The molecule has 1 atom stereocenters. The highest BCUT2D eigenvalue weighted by Gasteiger charge is 2.39. The van der Waals surface area contributed by atoms with Gasteiger partial charge < -0.3 is 14.5 Å². The largest absolute Gasteiger partial charge is 0.365 e. The first-order valence-electron chi connectivity index (χ1n) is 14.6. The maximum Gasteiger partial charge on any atom is 0.365 e. The molecular weight excluding hydrogens is 572 g/mol. The second-order valence-electron chi connectivity index (χ2n) is 10.8. The number of nitrogens with zero attached hydrogens (tertiary/aromatic N) is 6. The van der Waals surface area contributed by atoms with E-state index in [9.17, 15) is 4.79 Å². The summed E-state index contributed by atoms with van der Waals surface area (Å²) in [6, 6.07) is 33.5. The molecule has 9 nitrogen and oxygen atoms in total. The van der Waals surface area contributed by atoms with Crippen molar-refractivity contribution in [3.05, 3.63) is 114 Å². The van der Waals surface area contributed by atoms with E-state index >= 15 is 0 Å². The summed E-state index contributed by atoms with van der Waals surface area (Å²) in [5, 5.41) is 18.4. The van der Waals surface area contributed by atoms with E-state index in [-0.39, 0.29) is 5.72 Å². The van der Waals surface area contributed by atoms with Gasteiger partial charge in [0.25, 0.3) is 0 Å². The second-order valence-corrected chi connectivity index (χ2v) is 11.8. The predicted molar refractivity (Wildman–Crippen MR) is 170 cm³/mol. The fourth-order valence-electron chi connectivity index (χ4n) is 5.79. The van der Waals surface area contributed by atoms with Gasteiger partial charge in [-0.15, -0.1) is 15.3 Å². The van der Waals surface area contributed by atoms with Gasteiger partial charge in [0.1, 0.15) is 26.8 Å². The monoisotopic (exact) mass is 602 g/mol. The molecule has 1 unspecified atom stereocenters. The van der Waals surface area contributed by atoms with Gasteiger partial charge in [0, 0.05) is 36.9 Å². The van der Waals surface area contributed by atoms with Crippen LogP contribution < -0.4 is 9.74 Å². The Morgan fingerprint density at radius 2 is 1.50 bits per heavy atom. The fraction of sp³-hybridized carbons (Fsp3) is 0.206. The maximum absolute atomic E-state index is 12.7. The number of para-hydroxylation sites is 1. The molecule has 0 N–H and O–H groups in total. The number of aromatic nitrogens is 5. The molecule has 4 aromatic carbocycles. The van der Waals surface area contributed by atoms with Gasteiger partial charge >= 0.3 is 5.97 Å². The van der Waals surface area contributed by atoms with Gasteiger partial charge in [-0.25, -0.2) is 4.79 Å². The molecule has 0 saturated carbocycles. The van der Waals surface area contributed by atoms with Crippen LogP contribution in [0.25, 0.3) is 32.2 Å². The van der Waals surface area contributed by atoms with E-state index < -0.39 is 5.97 Å². The first kappa shape index (κ1) is 27.9. The van der Waals surface area contributed by atoms with E-state index in [1.165, 1.54) is 16.9 Å². The average molecular weight is 603 g/mol. The summed E-state index contributed by atoms with van der Waals surface area (Å²) in [7, 11) is 1.83. The van der Waals surface area contributed by atoms with Crippen LogP contribution in [0.15, 0.2) is 103 Å². The van der Waals surface area contributed by atoms with Crippen LogP contribution in [-0.2, 0) is 11.2 Å². The Hall–Kier alpha value is -4.93. The lowest BCUT2D eigenvalue weighted by Gasteiger charge is -2.47. The normalized spacial score (nSPS) is 16.7. The molecule has 10 heteroatoms. The lowest BCUT2D eigenvalue weighted by molar-refractivity contribution is -0.0311. The smallest absolute Gasteiger partial charge is 0.359 e. The van der Waals surface area contributed by atoms with Gasteiger partial charge in [0.2, 0.25) is 0 Å². The lowest BCUT2D eigenvalue weighted by atomic mass is 9.90. The molecule has 1 aliphatic rings. The molecule has 1 saturated heterocycles. The molecule has 44 heavy (non-hydrogen) atoms. The Morgan fingerprint density at radius 1 is 0.818 bits per heavy atom. The van der Waals surface area contributed by atoms with Crippen molar-refractivity contribution in [1.82, 2.24) is 25.4 Å². The van der Waals surface area contributed by atoms with Crippen LogP contribution in [0.3, 0.4) is 0 Å². The van der Waals surface area contributed by atoms with Crippen molar-refractivity contribution in [2.45, 2.75) is 31.4 Å². The third kappa shape index (κ3) is 5.45. The molecule has 0 radical (unpaired) electrons. The molecule has 0 aliphatic carbocycles. The zero-order valence-electron chi connectivity index (χ0n) is 24.2. The molecule has 6 aromatic rings. The van der Waals surface area contributed by atoms with Crippen LogP contribution in [-0.4, -0.2) is 50.7 Å². The van der Waals surface area contributed by atoms with Crippen LogP contribution in [0.4, 0.5) is 5.69 Å². The fourth-order valence-corrected chi connectivity index (χ4v) is 6.65. The summed E-state index contributed by atoms with van der Waals surface area (Å²) in [6.07, 6.45) is 4.09. The average Bonchev–Trinajstić information content (AvgIpc) is 3.74. The SMILES string of the molecule is COC1(Cc2ccccc2)CCCCN1c1ccc(-c2nnc(-c3ccc(C(=O)On4nnc5ccccc54)cc3)s2)cc1. The van der Waals surface area contributed by atoms with Crippen molar-refractivity contribution in [3.63, 3.8) is 0 Å². The Balaban J connectivity index is 1.05. The number of ether oxygens (including phenoxy) is 1. The number of carbonyl (C=O) groups is 1. The number of hydrogen-bond donors (Lipinski definition) is 0. The van der Waals surface area contributed by atoms with Gasteiger partial charge in [-0.2, -0.15) is 0 Å². The van der Waals surface area contributed by atoms with E-state index in [0.717, 1.165) is 63.9 Å². The third-order valence-corrected chi connectivity index (χ3v) is 9.12. The summed E-state index contributed by atoms with van der Waals surface area (Å²) in [5.41, 5.74) is 5.56. The Kier molecular flexibility index (Phi) is 7.59. The molecule has 2 aromatic heterocycles. The number of rotatable bonds is 8. The summed E-state index contributed by atoms with van der Waals surface area (Å²) >= 11 is 1.51. The Bertz CT molecular complexity index is 1890. The van der Waals surface area contributed by atoms with Gasteiger partial charge in [0.05, 0.1) is 5.56 Å². The molecule has 3 heterocycles. The van der Waals surface area contributed by atoms with Gasteiger partial charge in [-0.05, 0) is 78.6 Å². The van der Waals surface area contributed by atoms with Gasteiger partial charge in [-0.3, -0.25) is 0 Å². The number of hydrogen-bond acceptors (Lipinski definition) is 9. The number of piperidine rings is 1. The van der Waals surface area contributed by atoms with Crippen LogP contribution in [0.5, 0.6) is 0 Å². The summed E-state index contributed by atoms with van der Waals surface area (Å²) < 4.78 is 6.25. The molecule has 0 spiro atoms. The van der Waals surface area contributed by atoms with Crippen LogP contribution in [0.1, 0.15) is 35.2 Å². The van der Waals surface area contributed by atoms with Crippen LogP contribution >= 0.6 is 11.3 Å². The van der Waals surface area contributed by atoms with E-state index in [1.54, 1.807) is 24.3 Å². The van der Waals surface area contributed by atoms with Crippen LogP contribution in [0, 0.1) is 0 Å². The number of carbonyl (C=O) groups excluding carboxylic acids is 1. The van der Waals surface area contributed by atoms with Crippen molar-refractivity contribution in [3.8, 4) is 21.1 Å². The number of benzene rings is 4. The molecule has 1 fully saturated rings. The van der Waals surface area contributed by atoms with Crippen molar-refractivity contribution >= 4 is 34.0 Å². The van der Waals surface area contributed by atoms with E-state index in [0.29, 0.717) is 16.6 Å². The quantitative estimate of drug-likeness (QED) is 0.183. The summed E-state index contributed by atoms with van der Waals surface area (Å²) in [6.45, 7) is 0.946. The first-order valence-corrected chi connectivity index (χ1v) is 15.4. The molecular formula is C34H30N6O3S. The Morgan fingerprint density at radius 3 is 2.23 bits per heavy atom. The summed E-state index contributed by atoms with van der Waals surface area (Å²) in [5.74, 6) is -0.528. The highest BCUT2D eigenvalue weighted by Crippen LogP contribution is 2.38. The second kappa shape index (κ2) is 12.0. The van der Waals surface area contributed by atoms with Crippen molar-refractivity contribution < 1.29 is 14.4 Å². The van der Waals surface area contributed by atoms with E-state index in [4.69, 9.17) is 9.57 Å². The topological polar surface area (TPSA) is 95.3 Å². The first-order chi connectivity index (χ1) is 21.6. The minimum Gasteiger partial charge on any atom is -0.359 e. The highest BCUT2D eigenvalue weighted by molar-refractivity contribution is 7.17. The standard InChI is InChI=1S/C34H30N6O3S/c1-42-34(23-24-9-3-2-4-10-24)21-7-8-22-39(34)28-19-17-26(18-20-28)32-37-36-31(44-32)25-13-15-27(16-14-25)33(41)43-40-30-12-6-5-11-29(30)35-38-40/h2-6,9-20H,7-8,21-23H2,1H3. The number of anilines is 1. The molecule has 1 aliphatic heterocycles. The van der Waals surface area contributed by atoms with Crippen molar-refractivity contribution in [2.24, 2.45) is 0 Å². The summed E-state index contributed by atoms with van der Waals surface area (Å²) in [4.78, 5) is 21.7.